The van der Waals surface area contributed by atoms with Gasteiger partial charge in [0, 0.05) is 30.7 Å². The van der Waals surface area contributed by atoms with Crippen LogP contribution < -0.4 is 20.3 Å². The molecule has 0 spiro atoms. The van der Waals surface area contributed by atoms with E-state index in [-0.39, 0.29) is 11.7 Å². The standard InChI is InChI=1S/C25H27F3N4O2/c1-17-15-23(32(3)14-4-13-29-2)31-22-11-8-19(16-21(17)22)30-24(33)12-7-18-5-9-20(10-6-18)34-25(26,27)28/h5-12,15-16,29H,4,13-14H2,1-3H3,(H,30,33)/b12-7+. The lowest BCUT2D eigenvalue weighted by atomic mass is 10.1. The second-order valence-electron chi connectivity index (χ2n) is 7.85. The van der Waals surface area contributed by atoms with E-state index in [2.05, 4.69) is 20.3 Å². The van der Waals surface area contributed by atoms with Crippen LogP contribution in [0.1, 0.15) is 17.5 Å². The minimum absolute atomic E-state index is 0.318. The summed E-state index contributed by atoms with van der Waals surface area (Å²) >= 11 is 0. The topological polar surface area (TPSA) is 66.5 Å². The molecule has 2 N–H and O–H groups in total. The predicted octanol–water partition coefficient (Wildman–Crippen LogP) is 5.14. The molecule has 2 aromatic carbocycles. The fraction of sp³-hybridized carbons (Fsp3) is 0.280. The van der Waals surface area contributed by atoms with Gasteiger partial charge in [-0.05, 0) is 80.5 Å². The van der Waals surface area contributed by atoms with Gasteiger partial charge in [0.2, 0.25) is 5.91 Å². The number of hydrogen-bond donors (Lipinski definition) is 2. The number of hydrogen-bond acceptors (Lipinski definition) is 5. The van der Waals surface area contributed by atoms with E-state index in [0.717, 1.165) is 41.8 Å². The van der Waals surface area contributed by atoms with Gasteiger partial charge in [-0.1, -0.05) is 12.1 Å². The Balaban J connectivity index is 1.65. The Morgan fingerprint density at radius 1 is 1.15 bits per heavy atom. The number of pyridine rings is 1. The predicted molar refractivity (Wildman–Crippen MR) is 129 cm³/mol. The van der Waals surface area contributed by atoms with E-state index in [9.17, 15) is 18.0 Å². The first-order valence-electron chi connectivity index (χ1n) is 10.8. The van der Waals surface area contributed by atoms with Crippen LogP contribution in [0.4, 0.5) is 24.7 Å². The third kappa shape index (κ3) is 7.21. The van der Waals surface area contributed by atoms with E-state index >= 15 is 0 Å². The second kappa shape index (κ2) is 11.0. The number of benzene rings is 2. The molecular weight excluding hydrogens is 445 g/mol. The molecule has 0 aliphatic rings. The lowest BCUT2D eigenvalue weighted by Crippen LogP contribution is -2.23. The number of rotatable bonds is 9. The average Bonchev–Trinajstić information content (AvgIpc) is 2.78. The number of aromatic nitrogens is 1. The summed E-state index contributed by atoms with van der Waals surface area (Å²) < 4.78 is 40.6. The normalized spacial score (nSPS) is 11.7. The van der Waals surface area contributed by atoms with Gasteiger partial charge in [-0.15, -0.1) is 13.2 Å². The van der Waals surface area contributed by atoms with Gasteiger partial charge in [0.15, 0.2) is 0 Å². The fourth-order valence-corrected chi connectivity index (χ4v) is 3.39. The van der Waals surface area contributed by atoms with Crippen molar-refractivity contribution < 1.29 is 22.7 Å². The molecule has 1 aromatic heterocycles. The number of carbonyl (C=O) groups is 1. The first-order valence-corrected chi connectivity index (χ1v) is 10.8. The van der Waals surface area contributed by atoms with E-state index in [0.29, 0.717) is 11.3 Å². The highest BCUT2D eigenvalue weighted by Crippen LogP contribution is 2.26. The fourth-order valence-electron chi connectivity index (χ4n) is 3.39. The average molecular weight is 473 g/mol. The molecule has 0 aliphatic heterocycles. The van der Waals surface area contributed by atoms with Crippen LogP contribution in [0, 0.1) is 6.92 Å². The number of nitrogens with one attached hydrogen (secondary N) is 2. The van der Waals surface area contributed by atoms with Crippen LogP contribution in [-0.2, 0) is 4.79 Å². The van der Waals surface area contributed by atoms with E-state index in [4.69, 9.17) is 4.98 Å². The van der Waals surface area contributed by atoms with Crippen LogP contribution in [0.5, 0.6) is 5.75 Å². The Bertz CT molecular complexity index is 1160. The van der Waals surface area contributed by atoms with Crippen molar-refractivity contribution in [2.24, 2.45) is 0 Å². The van der Waals surface area contributed by atoms with E-state index in [1.807, 2.05) is 39.2 Å². The van der Waals surface area contributed by atoms with Crippen LogP contribution in [0.2, 0.25) is 0 Å². The summed E-state index contributed by atoms with van der Waals surface area (Å²) in [6, 6.07) is 12.8. The van der Waals surface area contributed by atoms with Crippen molar-refractivity contribution in [3.63, 3.8) is 0 Å². The number of carbonyl (C=O) groups excluding carboxylic acids is 1. The molecule has 0 saturated heterocycles. The molecule has 0 aliphatic carbocycles. The molecule has 0 bridgehead atoms. The quantitative estimate of drug-likeness (QED) is 0.334. The Hall–Kier alpha value is -3.59. The lowest BCUT2D eigenvalue weighted by Gasteiger charge is -2.19. The number of halogens is 3. The van der Waals surface area contributed by atoms with E-state index in [1.165, 1.54) is 36.4 Å². The van der Waals surface area contributed by atoms with Crippen LogP contribution in [0.15, 0.2) is 54.6 Å². The smallest absolute Gasteiger partial charge is 0.406 e. The zero-order valence-corrected chi connectivity index (χ0v) is 19.2. The molecule has 0 radical (unpaired) electrons. The van der Waals surface area contributed by atoms with Crippen molar-refractivity contribution in [3.05, 3.63) is 65.7 Å². The number of fused-ring (bicyclic) bond motifs is 1. The summed E-state index contributed by atoms with van der Waals surface area (Å²) in [7, 11) is 3.94. The highest BCUT2D eigenvalue weighted by Gasteiger charge is 2.30. The third-order valence-electron chi connectivity index (χ3n) is 5.12. The van der Waals surface area contributed by atoms with Crippen molar-refractivity contribution in [3.8, 4) is 5.75 Å². The Labute approximate surface area is 196 Å². The van der Waals surface area contributed by atoms with Gasteiger partial charge in [0.1, 0.15) is 11.6 Å². The summed E-state index contributed by atoms with van der Waals surface area (Å²) in [5.41, 5.74) is 3.07. The third-order valence-corrected chi connectivity index (χ3v) is 5.12. The van der Waals surface area contributed by atoms with Crippen molar-refractivity contribution >= 4 is 34.4 Å². The Kier molecular flexibility index (Phi) is 8.12. The molecule has 1 amide bonds. The molecule has 6 nitrogen and oxygen atoms in total. The number of nitrogens with zero attached hydrogens (tertiary/aromatic N) is 2. The maximum absolute atomic E-state index is 12.3. The maximum Gasteiger partial charge on any atom is 0.573 e. The summed E-state index contributed by atoms with van der Waals surface area (Å²) in [6.07, 6.45) is -0.903. The zero-order valence-electron chi connectivity index (χ0n) is 19.2. The van der Waals surface area contributed by atoms with Gasteiger partial charge >= 0.3 is 6.36 Å². The molecule has 0 saturated carbocycles. The molecule has 1 heterocycles. The maximum atomic E-state index is 12.3. The first kappa shape index (κ1) is 25.0. The number of aryl methyl sites for hydroxylation is 1. The number of ether oxygens (including phenoxy) is 1. The Morgan fingerprint density at radius 3 is 2.56 bits per heavy atom. The minimum atomic E-state index is -4.74. The van der Waals surface area contributed by atoms with Crippen molar-refractivity contribution in [1.82, 2.24) is 10.3 Å². The van der Waals surface area contributed by atoms with Gasteiger partial charge in [-0.2, -0.15) is 0 Å². The highest BCUT2D eigenvalue weighted by molar-refractivity contribution is 6.03. The van der Waals surface area contributed by atoms with Gasteiger partial charge in [0.05, 0.1) is 5.52 Å². The van der Waals surface area contributed by atoms with Gasteiger partial charge < -0.3 is 20.3 Å². The molecule has 3 rings (SSSR count). The SMILES string of the molecule is CNCCCN(C)c1cc(C)c2cc(NC(=O)/C=C/c3ccc(OC(F)(F)F)cc3)ccc2n1. The lowest BCUT2D eigenvalue weighted by molar-refractivity contribution is -0.274. The monoisotopic (exact) mass is 472 g/mol. The molecule has 9 heteroatoms. The van der Waals surface area contributed by atoms with Crippen molar-refractivity contribution in [2.45, 2.75) is 19.7 Å². The first-order chi connectivity index (χ1) is 16.1. The zero-order chi connectivity index (χ0) is 24.7. The van der Waals surface area contributed by atoms with Crippen LogP contribution in [0.25, 0.3) is 17.0 Å². The number of amides is 1. The van der Waals surface area contributed by atoms with E-state index in [1.54, 1.807) is 6.07 Å². The summed E-state index contributed by atoms with van der Waals surface area (Å²) in [5.74, 6) is 0.218. The molecule has 0 fully saturated rings. The molecule has 34 heavy (non-hydrogen) atoms. The van der Waals surface area contributed by atoms with Crippen LogP contribution >= 0.6 is 0 Å². The molecule has 0 atom stereocenters. The number of alkyl halides is 3. The Morgan fingerprint density at radius 2 is 1.88 bits per heavy atom. The molecule has 0 unspecified atom stereocenters. The van der Waals surface area contributed by atoms with Crippen LogP contribution in [0.3, 0.4) is 0 Å². The van der Waals surface area contributed by atoms with Gasteiger partial charge in [0.25, 0.3) is 0 Å². The van der Waals surface area contributed by atoms with Crippen molar-refractivity contribution in [2.75, 3.05) is 37.4 Å². The van der Waals surface area contributed by atoms with Crippen LogP contribution in [-0.4, -0.2) is 44.4 Å². The summed E-state index contributed by atoms with van der Waals surface area (Å²) in [5, 5.41) is 6.88. The molecular formula is C25H27F3N4O2. The number of anilines is 2. The second-order valence-corrected chi connectivity index (χ2v) is 7.85. The largest absolute Gasteiger partial charge is 0.573 e. The highest BCUT2D eigenvalue weighted by atomic mass is 19.4. The van der Waals surface area contributed by atoms with Gasteiger partial charge in [-0.3, -0.25) is 4.79 Å². The molecule has 180 valence electrons. The minimum Gasteiger partial charge on any atom is -0.406 e. The molecule has 3 aromatic rings. The summed E-state index contributed by atoms with van der Waals surface area (Å²) in [4.78, 5) is 19.2. The van der Waals surface area contributed by atoms with Gasteiger partial charge in [-0.25, -0.2) is 4.98 Å². The van der Waals surface area contributed by atoms with E-state index < -0.39 is 6.36 Å². The van der Waals surface area contributed by atoms with Crippen molar-refractivity contribution in [1.29, 1.82) is 0 Å². The summed E-state index contributed by atoms with van der Waals surface area (Å²) in [6.45, 7) is 3.83.